The summed E-state index contributed by atoms with van der Waals surface area (Å²) in [5.41, 5.74) is 1.19. The van der Waals surface area contributed by atoms with Crippen molar-refractivity contribution in [3.8, 4) is 11.4 Å². The predicted molar refractivity (Wildman–Crippen MR) is 104 cm³/mol. The van der Waals surface area contributed by atoms with Gasteiger partial charge in [0.25, 0.3) is 0 Å². The van der Waals surface area contributed by atoms with Gasteiger partial charge in [0.05, 0.1) is 10.8 Å². The molecule has 4 rings (SSSR count). The van der Waals surface area contributed by atoms with E-state index in [1.807, 2.05) is 41.8 Å². The Hall–Kier alpha value is -2.67. The Labute approximate surface area is 161 Å². The highest BCUT2D eigenvalue weighted by molar-refractivity contribution is 8.00. The summed E-state index contributed by atoms with van der Waals surface area (Å²) in [6.07, 6.45) is 2.02. The third kappa shape index (κ3) is 3.88. The van der Waals surface area contributed by atoms with E-state index in [0.717, 1.165) is 18.5 Å². The van der Waals surface area contributed by atoms with E-state index in [0.29, 0.717) is 16.5 Å². The quantitative estimate of drug-likeness (QED) is 0.636. The molecule has 1 unspecified atom stereocenters. The van der Waals surface area contributed by atoms with Gasteiger partial charge in [0.2, 0.25) is 5.91 Å². The summed E-state index contributed by atoms with van der Waals surface area (Å²) in [7, 11) is 0. The minimum Gasteiger partial charge on any atom is -0.325 e. The van der Waals surface area contributed by atoms with Crippen molar-refractivity contribution in [1.82, 2.24) is 14.8 Å². The van der Waals surface area contributed by atoms with Gasteiger partial charge in [-0.25, -0.2) is 4.39 Å². The molecule has 2 aromatic carbocycles. The lowest BCUT2D eigenvalue weighted by Gasteiger charge is -2.13. The average molecular weight is 382 g/mol. The van der Waals surface area contributed by atoms with Crippen LogP contribution >= 0.6 is 11.8 Å². The topological polar surface area (TPSA) is 59.8 Å². The Morgan fingerprint density at radius 3 is 2.56 bits per heavy atom. The van der Waals surface area contributed by atoms with Crippen LogP contribution in [-0.4, -0.2) is 25.9 Å². The molecule has 5 nitrogen and oxygen atoms in total. The number of carbonyl (C=O) groups is 1. The molecule has 1 heterocycles. The maximum absolute atomic E-state index is 14.2. The van der Waals surface area contributed by atoms with E-state index in [1.165, 1.54) is 17.8 Å². The highest BCUT2D eigenvalue weighted by atomic mass is 32.2. The molecule has 1 saturated carbocycles. The second kappa shape index (κ2) is 7.52. The second-order valence-electron chi connectivity index (χ2n) is 6.50. The normalized spacial score (nSPS) is 14.7. The predicted octanol–water partition coefficient (Wildman–Crippen LogP) is 4.54. The fourth-order valence-electron chi connectivity index (χ4n) is 2.82. The number of carbonyl (C=O) groups excluding carboxylic acids is 1. The zero-order valence-electron chi connectivity index (χ0n) is 14.8. The van der Waals surface area contributed by atoms with Gasteiger partial charge in [-0.15, -0.1) is 10.2 Å². The monoisotopic (exact) mass is 382 g/mol. The summed E-state index contributed by atoms with van der Waals surface area (Å²) in [5, 5.41) is 11.7. The van der Waals surface area contributed by atoms with Gasteiger partial charge in [-0.2, -0.15) is 0 Å². The number of aromatic nitrogens is 3. The van der Waals surface area contributed by atoms with Crippen molar-refractivity contribution in [3.05, 3.63) is 60.4 Å². The van der Waals surface area contributed by atoms with Crippen molar-refractivity contribution in [3.63, 3.8) is 0 Å². The number of hydrogen-bond acceptors (Lipinski definition) is 4. The highest BCUT2D eigenvalue weighted by Crippen LogP contribution is 2.42. The standard InChI is InChI=1S/C20H19FN4OS/c1-13(19(26)22-14-7-3-2-4-8-14)27-20-24-23-18(25(20)15-11-12-15)16-9-5-6-10-17(16)21/h2-10,13,15H,11-12H2,1H3,(H,22,26). The third-order valence-electron chi connectivity index (χ3n) is 4.38. The van der Waals surface area contributed by atoms with Crippen LogP contribution in [0.4, 0.5) is 10.1 Å². The first kappa shape index (κ1) is 17.7. The van der Waals surface area contributed by atoms with Gasteiger partial charge in [-0.3, -0.25) is 9.36 Å². The molecule has 0 spiro atoms. The molecule has 138 valence electrons. The minimum atomic E-state index is -0.361. The molecule has 1 amide bonds. The first-order chi connectivity index (χ1) is 13.1. The average Bonchev–Trinajstić information content (AvgIpc) is 3.43. The van der Waals surface area contributed by atoms with Gasteiger partial charge in [0.15, 0.2) is 11.0 Å². The third-order valence-corrected chi connectivity index (χ3v) is 5.44. The zero-order valence-corrected chi connectivity index (χ0v) is 15.6. The number of para-hydroxylation sites is 1. The van der Waals surface area contributed by atoms with E-state index in [-0.39, 0.29) is 23.0 Å². The van der Waals surface area contributed by atoms with E-state index in [4.69, 9.17) is 0 Å². The Kier molecular flexibility index (Phi) is 4.94. The van der Waals surface area contributed by atoms with Crippen LogP contribution in [0, 0.1) is 5.82 Å². The summed E-state index contributed by atoms with van der Waals surface area (Å²) >= 11 is 1.34. The zero-order chi connectivity index (χ0) is 18.8. The summed E-state index contributed by atoms with van der Waals surface area (Å²) < 4.78 is 16.2. The van der Waals surface area contributed by atoms with Crippen LogP contribution in [0.2, 0.25) is 0 Å². The van der Waals surface area contributed by atoms with Gasteiger partial charge in [-0.1, -0.05) is 42.1 Å². The molecule has 1 N–H and O–H groups in total. The van der Waals surface area contributed by atoms with Crippen LogP contribution in [0.1, 0.15) is 25.8 Å². The van der Waals surface area contributed by atoms with E-state index >= 15 is 0 Å². The number of amides is 1. The smallest absolute Gasteiger partial charge is 0.237 e. The number of nitrogens with one attached hydrogen (secondary N) is 1. The lowest BCUT2D eigenvalue weighted by atomic mass is 10.2. The Morgan fingerprint density at radius 1 is 1.15 bits per heavy atom. The van der Waals surface area contributed by atoms with Crippen molar-refractivity contribution in [2.24, 2.45) is 0 Å². The molecule has 0 aliphatic heterocycles. The van der Waals surface area contributed by atoms with Crippen LogP contribution in [0.5, 0.6) is 0 Å². The maximum Gasteiger partial charge on any atom is 0.237 e. The summed E-state index contributed by atoms with van der Waals surface area (Å²) in [6, 6.07) is 16.2. The molecular formula is C20H19FN4OS. The van der Waals surface area contributed by atoms with Gasteiger partial charge >= 0.3 is 0 Å². The molecule has 1 aromatic heterocycles. The number of halogens is 1. The molecule has 0 bridgehead atoms. The van der Waals surface area contributed by atoms with Crippen LogP contribution < -0.4 is 5.32 Å². The van der Waals surface area contributed by atoms with Crippen molar-refractivity contribution in [2.45, 2.75) is 36.2 Å². The van der Waals surface area contributed by atoms with Gasteiger partial charge in [0, 0.05) is 11.7 Å². The molecule has 7 heteroatoms. The van der Waals surface area contributed by atoms with Crippen LogP contribution in [0.3, 0.4) is 0 Å². The van der Waals surface area contributed by atoms with Crippen LogP contribution in [0.25, 0.3) is 11.4 Å². The highest BCUT2D eigenvalue weighted by Gasteiger charge is 2.32. The lowest BCUT2D eigenvalue weighted by Crippen LogP contribution is -2.22. The molecule has 0 radical (unpaired) electrons. The fourth-order valence-corrected chi connectivity index (χ4v) is 3.74. The van der Waals surface area contributed by atoms with Gasteiger partial charge in [0.1, 0.15) is 5.82 Å². The second-order valence-corrected chi connectivity index (χ2v) is 7.81. The van der Waals surface area contributed by atoms with Crippen LogP contribution in [-0.2, 0) is 4.79 Å². The van der Waals surface area contributed by atoms with E-state index in [9.17, 15) is 9.18 Å². The largest absolute Gasteiger partial charge is 0.325 e. The van der Waals surface area contributed by atoms with Gasteiger partial charge in [-0.05, 0) is 44.0 Å². The molecule has 1 atom stereocenters. The van der Waals surface area contributed by atoms with E-state index in [2.05, 4.69) is 15.5 Å². The van der Waals surface area contributed by atoms with Crippen molar-refractivity contribution in [2.75, 3.05) is 5.32 Å². The summed E-state index contributed by atoms with van der Waals surface area (Å²) in [5.74, 6) is 0.0935. The molecule has 3 aromatic rings. The number of anilines is 1. The van der Waals surface area contributed by atoms with Crippen molar-refractivity contribution >= 4 is 23.4 Å². The van der Waals surface area contributed by atoms with E-state index < -0.39 is 0 Å². The van der Waals surface area contributed by atoms with Crippen LogP contribution in [0.15, 0.2) is 59.8 Å². The SMILES string of the molecule is CC(Sc1nnc(-c2ccccc2F)n1C1CC1)C(=O)Nc1ccccc1. The number of nitrogens with zero attached hydrogens (tertiary/aromatic N) is 3. The minimum absolute atomic E-state index is 0.107. The maximum atomic E-state index is 14.2. The Bertz CT molecular complexity index is 956. The Morgan fingerprint density at radius 2 is 1.85 bits per heavy atom. The first-order valence-electron chi connectivity index (χ1n) is 8.86. The number of benzene rings is 2. The molecule has 1 aliphatic rings. The number of hydrogen-bond donors (Lipinski definition) is 1. The molecule has 1 aliphatic carbocycles. The number of rotatable bonds is 6. The summed E-state index contributed by atoms with van der Waals surface area (Å²) in [4.78, 5) is 12.5. The molecule has 27 heavy (non-hydrogen) atoms. The first-order valence-corrected chi connectivity index (χ1v) is 9.74. The number of thioether (sulfide) groups is 1. The molecule has 1 fully saturated rings. The Balaban J connectivity index is 1.56. The van der Waals surface area contributed by atoms with Gasteiger partial charge < -0.3 is 5.32 Å². The van der Waals surface area contributed by atoms with E-state index in [1.54, 1.807) is 18.2 Å². The fraction of sp³-hybridized carbons (Fsp3) is 0.250. The summed E-state index contributed by atoms with van der Waals surface area (Å²) in [6.45, 7) is 1.83. The lowest BCUT2D eigenvalue weighted by molar-refractivity contribution is -0.115. The molecular weight excluding hydrogens is 363 g/mol. The van der Waals surface area contributed by atoms with Crippen molar-refractivity contribution in [1.29, 1.82) is 0 Å². The van der Waals surface area contributed by atoms with Crippen molar-refractivity contribution < 1.29 is 9.18 Å². The molecule has 0 saturated heterocycles.